The van der Waals surface area contributed by atoms with Crippen molar-refractivity contribution in [1.29, 1.82) is 0 Å². The molecule has 3 N–H and O–H groups in total. The molecule has 0 aliphatic heterocycles. The second-order valence-electron chi connectivity index (χ2n) is 3.66. The molecule has 1 aromatic heterocycles. The highest BCUT2D eigenvalue weighted by atomic mass is 16.6. The van der Waals surface area contributed by atoms with Crippen LogP contribution in [0.4, 0.5) is 11.5 Å². The zero-order valence-electron chi connectivity index (χ0n) is 9.93. The molecule has 1 amide bonds. The summed E-state index contributed by atoms with van der Waals surface area (Å²) in [5.74, 6) is -0.00661. The summed E-state index contributed by atoms with van der Waals surface area (Å²) in [6.07, 6.45) is 0. The lowest BCUT2D eigenvalue weighted by molar-refractivity contribution is 0.101. The summed E-state index contributed by atoms with van der Waals surface area (Å²) in [6, 6.07) is 5.39. The molecule has 0 bridgehead atoms. The van der Waals surface area contributed by atoms with E-state index in [4.69, 9.17) is 10.5 Å². The van der Waals surface area contributed by atoms with E-state index in [9.17, 15) is 4.79 Å². The number of nitrogen functional groups attached to an aromatic ring is 1. The minimum Gasteiger partial charge on any atom is -0.495 e. The van der Waals surface area contributed by atoms with Crippen molar-refractivity contribution >= 4 is 17.4 Å². The van der Waals surface area contributed by atoms with Gasteiger partial charge in [-0.25, -0.2) is 4.63 Å². The Kier molecular flexibility index (Phi) is 3.13. The number of aryl methyl sites for hydroxylation is 1. The number of hydrogen-bond donors (Lipinski definition) is 2. The number of benzene rings is 1. The summed E-state index contributed by atoms with van der Waals surface area (Å²) in [7, 11) is 1.52. The molecule has 0 fully saturated rings. The number of carbonyl (C=O) groups excluding carboxylic acids is 1. The third-order valence-corrected chi connectivity index (χ3v) is 2.33. The number of carbonyl (C=O) groups is 1. The van der Waals surface area contributed by atoms with E-state index in [0.29, 0.717) is 11.4 Å². The third-order valence-electron chi connectivity index (χ3n) is 2.33. The predicted molar refractivity (Wildman–Crippen MR) is 64.4 cm³/mol. The third kappa shape index (κ3) is 2.24. The van der Waals surface area contributed by atoms with Crippen LogP contribution in [0.3, 0.4) is 0 Å². The summed E-state index contributed by atoms with van der Waals surface area (Å²) in [4.78, 5) is 11.8. The summed E-state index contributed by atoms with van der Waals surface area (Å²) in [6.45, 7) is 1.92. The molecule has 0 atom stereocenters. The molecular weight excluding hydrogens is 236 g/mol. The molecule has 2 aromatic rings. The van der Waals surface area contributed by atoms with Crippen molar-refractivity contribution in [2.75, 3.05) is 18.2 Å². The number of amides is 1. The number of rotatable bonds is 3. The molecule has 0 saturated heterocycles. The highest BCUT2D eigenvalue weighted by molar-refractivity contribution is 6.06. The van der Waals surface area contributed by atoms with Gasteiger partial charge in [0.1, 0.15) is 5.75 Å². The highest BCUT2D eigenvalue weighted by Gasteiger charge is 2.17. The van der Waals surface area contributed by atoms with Gasteiger partial charge in [-0.3, -0.25) is 4.79 Å². The van der Waals surface area contributed by atoms with Crippen LogP contribution in [0, 0.1) is 6.92 Å². The summed E-state index contributed by atoms with van der Waals surface area (Å²) in [5, 5.41) is 9.38. The predicted octanol–water partition coefficient (Wildman–Crippen LogP) is 1.22. The van der Waals surface area contributed by atoms with Gasteiger partial charge in [0.25, 0.3) is 5.91 Å². The van der Waals surface area contributed by atoms with E-state index in [2.05, 4.69) is 20.3 Å². The monoisotopic (exact) mass is 248 g/mol. The van der Waals surface area contributed by atoms with Crippen LogP contribution in [0.15, 0.2) is 22.8 Å². The van der Waals surface area contributed by atoms with E-state index in [-0.39, 0.29) is 11.5 Å². The maximum absolute atomic E-state index is 11.8. The summed E-state index contributed by atoms with van der Waals surface area (Å²) >= 11 is 0. The van der Waals surface area contributed by atoms with Crippen LogP contribution in [0.5, 0.6) is 5.75 Å². The number of hydrogen-bond acceptors (Lipinski definition) is 6. The smallest absolute Gasteiger partial charge is 0.281 e. The Bertz CT molecular complexity index is 579. The number of nitrogens with two attached hydrogens (primary N) is 1. The minimum atomic E-state index is -0.504. The van der Waals surface area contributed by atoms with Crippen LogP contribution in [0.1, 0.15) is 16.1 Å². The Hall–Kier alpha value is -2.57. The number of anilines is 2. The van der Waals surface area contributed by atoms with Crippen molar-refractivity contribution in [3.63, 3.8) is 0 Å². The zero-order chi connectivity index (χ0) is 13.1. The van der Waals surface area contributed by atoms with Crippen LogP contribution in [-0.2, 0) is 0 Å². The molecule has 0 aliphatic rings. The molecule has 94 valence electrons. The van der Waals surface area contributed by atoms with E-state index in [1.54, 1.807) is 12.1 Å². The molecule has 1 heterocycles. The van der Waals surface area contributed by atoms with Crippen LogP contribution in [-0.4, -0.2) is 23.3 Å². The first-order valence-corrected chi connectivity index (χ1v) is 5.16. The SMILES string of the molecule is COc1cc(C)ccc1NC(=O)c1nonc1N. The molecule has 18 heavy (non-hydrogen) atoms. The molecular formula is C11H12N4O3. The van der Waals surface area contributed by atoms with Crippen molar-refractivity contribution in [2.24, 2.45) is 0 Å². The fraction of sp³-hybridized carbons (Fsp3) is 0.182. The van der Waals surface area contributed by atoms with Crippen molar-refractivity contribution in [3.8, 4) is 5.75 Å². The van der Waals surface area contributed by atoms with E-state index < -0.39 is 5.91 Å². The lowest BCUT2D eigenvalue weighted by atomic mass is 10.2. The fourth-order valence-electron chi connectivity index (χ4n) is 1.44. The van der Waals surface area contributed by atoms with Crippen LogP contribution < -0.4 is 15.8 Å². The number of methoxy groups -OCH3 is 1. The van der Waals surface area contributed by atoms with Crippen LogP contribution >= 0.6 is 0 Å². The standard InChI is InChI=1S/C11H12N4O3/c1-6-3-4-7(8(5-6)17-2)13-11(16)9-10(12)15-18-14-9/h3-5H,1-2H3,(H2,12,15)(H,13,16). The second kappa shape index (κ2) is 4.74. The van der Waals surface area contributed by atoms with Crippen molar-refractivity contribution in [2.45, 2.75) is 6.92 Å². The first kappa shape index (κ1) is 11.9. The quantitative estimate of drug-likeness (QED) is 0.846. The van der Waals surface area contributed by atoms with Gasteiger partial charge in [-0.1, -0.05) is 6.07 Å². The maximum Gasteiger partial charge on any atom is 0.281 e. The van der Waals surface area contributed by atoms with Gasteiger partial charge in [-0.05, 0) is 34.9 Å². The molecule has 0 aliphatic carbocycles. The molecule has 7 nitrogen and oxygen atoms in total. The molecule has 2 rings (SSSR count). The van der Waals surface area contributed by atoms with Crippen molar-refractivity contribution < 1.29 is 14.2 Å². The Balaban J connectivity index is 2.24. The minimum absolute atomic E-state index is 0.0569. The highest BCUT2D eigenvalue weighted by Crippen LogP contribution is 2.25. The molecule has 0 radical (unpaired) electrons. The van der Waals surface area contributed by atoms with E-state index in [1.807, 2.05) is 13.0 Å². The van der Waals surface area contributed by atoms with Crippen LogP contribution in [0.2, 0.25) is 0 Å². The van der Waals surface area contributed by atoms with E-state index >= 15 is 0 Å². The van der Waals surface area contributed by atoms with E-state index in [1.165, 1.54) is 7.11 Å². The number of aromatic nitrogens is 2. The van der Waals surface area contributed by atoms with Gasteiger partial charge in [0.2, 0.25) is 11.5 Å². The topological polar surface area (TPSA) is 103 Å². The fourth-order valence-corrected chi connectivity index (χ4v) is 1.44. The molecule has 7 heteroatoms. The summed E-state index contributed by atoms with van der Waals surface area (Å²) < 4.78 is 9.53. The molecule has 0 spiro atoms. The van der Waals surface area contributed by atoms with Gasteiger partial charge in [-0.15, -0.1) is 0 Å². The Morgan fingerprint density at radius 1 is 1.44 bits per heavy atom. The van der Waals surface area contributed by atoms with Gasteiger partial charge in [0.15, 0.2) is 0 Å². The van der Waals surface area contributed by atoms with Crippen LogP contribution in [0.25, 0.3) is 0 Å². The molecule has 0 saturated carbocycles. The average Bonchev–Trinajstić information content (AvgIpc) is 2.77. The Morgan fingerprint density at radius 2 is 2.22 bits per heavy atom. The largest absolute Gasteiger partial charge is 0.495 e. The lowest BCUT2D eigenvalue weighted by Crippen LogP contribution is -2.14. The van der Waals surface area contributed by atoms with Crippen molar-refractivity contribution in [3.05, 3.63) is 29.5 Å². The first-order valence-electron chi connectivity index (χ1n) is 5.16. The first-order chi connectivity index (χ1) is 8.61. The van der Waals surface area contributed by atoms with Gasteiger partial charge in [0.05, 0.1) is 12.8 Å². The van der Waals surface area contributed by atoms with Gasteiger partial charge in [-0.2, -0.15) is 0 Å². The Labute approximate surface area is 103 Å². The second-order valence-corrected chi connectivity index (χ2v) is 3.66. The normalized spacial score (nSPS) is 10.1. The lowest BCUT2D eigenvalue weighted by Gasteiger charge is -2.09. The summed E-state index contributed by atoms with van der Waals surface area (Å²) in [5.41, 5.74) is 6.92. The van der Waals surface area contributed by atoms with Crippen molar-refractivity contribution in [1.82, 2.24) is 10.3 Å². The van der Waals surface area contributed by atoms with Gasteiger partial charge in [0, 0.05) is 0 Å². The average molecular weight is 248 g/mol. The van der Waals surface area contributed by atoms with Gasteiger partial charge >= 0.3 is 0 Å². The Morgan fingerprint density at radius 3 is 2.83 bits per heavy atom. The number of nitrogens with one attached hydrogen (secondary N) is 1. The van der Waals surface area contributed by atoms with E-state index in [0.717, 1.165) is 5.56 Å². The number of ether oxygens (including phenoxy) is 1. The molecule has 1 aromatic carbocycles. The maximum atomic E-state index is 11.8. The van der Waals surface area contributed by atoms with Gasteiger partial charge < -0.3 is 15.8 Å². The zero-order valence-corrected chi connectivity index (χ0v) is 9.93. The molecule has 0 unspecified atom stereocenters. The number of nitrogens with zero attached hydrogens (tertiary/aromatic N) is 2.